The zero-order valence-corrected chi connectivity index (χ0v) is 12.5. The Bertz CT molecular complexity index is 513. The fraction of sp³-hybridized carbons (Fsp3) is 0.500. The first-order chi connectivity index (χ1) is 10.6. The minimum absolute atomic E-state index is 0.152. The summed E-state index contributed by atoms with van der Waals surface area (Å²) in [7, 11) is 0. The average Bonchev–Trinajstić information content (AvgIpc) is 2.54. The summed E-state index contributed by atoms with van der Waals surface area (Å²) in [5.74, 6) is 0.275. The molecule has 2 amide bonds. The summed E-state index contributed by atoms with van der Waals surface area (Å²) in [6.07, 6.45) is 3.17. The van der Waals surface area contributed by atoms with Crippen LogP contribution in [0.2, 0.25) is 0 Å². The van der Waals surface area contributed by atoms with Crippen LogP contribution in [0.5, 0.6) is 5.75 Å². The molecule has 1 saturated heterocycles. The molecule has 120 valence electrons. The van der Waals surface area contributed by atoms with Crippen LogP contribution in [0, 0.1) is 5.92 Å². The molecule has 0 radical (unpaired) electrons. The molecule has 0 spiro atoms. The number of nitrogens with two attached hydrogens (primary N) is 1. The predicted octanol–water partition coefficient (Wildman–Crippen LogP) is 1.10. The molecule has 0 saturated carbocycles. The Morgan fingerprint density at radius 1 is 1.41 bits per heavy atom. The number of carbonyl (C=O) groups is 2. The maximum absolute atomic E-state index is 12.1. The summed E-state index contributed by atoms with van der Waals surface area (Å²) in [4.78, 5) is 22.8. The van der Waals surface area contributed by atoms with E-state index in [1.165, 1.54) is 0 Å². The fourth-order valence-electron chi connectivity index (χ4n) is 2.41. The molecule has 1 aliphatic rings. The largest absolute Gasteiger partial charge is 0.484 e. The van der Waals surface area contributed by atoms with Gasteiger partial charge in [-0.05, 0) is 43.4 Å². The maximum Gasteiger partial charge on any atom is 0.255 e. The highest BCUT2D eigenvalue weighted by Crippen LogP contribution is 2.17. The van der Waals surface area contributed by atoms with Gasteiger partial charge in [0.25, 0.3) is 11.8 Å². The lowest BCUT2D eigenvalue weighted by Gasteiger charge is -2.21. The quantitative estimate of drug-likeness (QED) is 0.789. The molecule has 1 heterocycles. The normalized spacial score (nSPS) is 17.7. The number of hydrogen-bond donors (Lipinski definition) is 2. The molecule has 1 fully saturated rings. The summed E-state index contributed by atoms with van der Waals surface area (Å²) in [6.45, 7) is 2.05. The molecule has 1 aliphatic heterocycles. The molecule has 0 aliphatic carbocycles. The van der Waals surface area contributed by atoms with Gasteiger partial charge < -0.3 is 20.5 Å². The van der Waals surface area contributed by atoms with Crippen LogP contribution in [-0.4, -0.2) is 38.2 Å². The van der Waals surface area contributed by atoms with Crippen molar-refractivity contribution >= 4 is 11.8 Å². The van der Waals surface area contributed by atoms with Crippen LogP contribution in [0.3, 0.4) is 0 Å². The van der Waals surface area contributed by atoms with E-state index in [1.54, 1.807) is 24.3 Å². The van der Waals surface area contributed by atoms with E-state index in [0.29, 0.717) is 23.8 Å². The molecule has 0 unspecified atom stereocenters. The van der Waals surface area contributed by atoms with Gasteiger partial charge in [0.05, 0.1) is 0 Å². The number of carbonyl (C=O) groups excluding carboxylic acids is 2. The van der Waals surface area contributed by atoms with Gasteiger partial charge in [-0.25, -0.2) is 0 Å². The summed E-state index contributed by atoms with van der Waals surface area (Å²) in [6, 6.07) is 6.69. The van der Waals surface area contributed by atoms with Gasteiger partial charge in [0.15, 0.2) is 6.61 Å². The lowest BCUT2D eigenvalue weighted by molar-refractivity contribution is -0.119. The zero-order chi connectivity index (χ0) is 15.8. The first-order valence-electron chi connectivity index (χ1n) is 7.52. The van der Waals surface area contributed by atoms with E-state index < -0.39 is 5.91 Å². The van der Waals surface area contributed by atoms with Gasteiger partial charge in [-0.1, -0.05) is 6.07 Å². The van der Waals surface area contributed by atoms with Gasteiger partial charge in [0.1, 0.15) is 5.75 Å². The third kappa shape index (κ3) is 5.37. The van der Waals surface area contributed by atoms with E-state index in [4.69, 9.17) is 15.2 Å². The highest BCUT2D eigenvalue weighted by molar-refractivity contribution is 5.94. The van der Waals surface area contributed by atoms with Crippen molar-refractivity contribution in [2.24, 2.45) is 11.7 Å². The van der Waals surface area contributed by atoms with Crippen LogP contribution in [0.1, 0.15) is 29.6 Å². The molecule has 1 aromatic rings. The third-order valence-electron chi connectivity index (χ3n) is 3.57. The van der Waals surface area contributed by atoms with Crippen molar-refractivity contribution in [2.45, 2.75) is 19.3 Å². The van der Waals surface area contributed by atoms with E-state index in [1.807, 2.05) is 0 Å². The van der Waals surface area contributed by atoms with E-state index in [0.717, 1.165) is 32.5 Å². The summed E-state index contributed by atoms with van der Waals surface area (Å²) < 4.78 is 10.6. The summed E-state index contributed by atoms with van der Waals surface area (Å²) >= 11 is 0. The van der Waals surface area contributed by atoms with Crippen molar-refractivity contribution in [1.29, 1.82) is 0 Å². The number of primary amides is 1. The van der Waals surface area contributed by atoms with Crippen molar-refractivity contribution < 1.29 is 19.1 Å². The number of amides is 2. The third-order valence-corrected chi connectivity index (χ3v) is 3.57. The standard InChI is InChI=1S/C16H22N2O4/c17-15(19)11-22-14-5-1-4-13(9-14)16(20)18-7-6-12-3-2-8-21-10-12/h1,4-5,9,12H,2-3,6-8,10-11H2,(H2,17,19)(H,18,20)/t12-/m1/s1. The van der Waals surface area contributed by atoms with Crippen molar-refractivity contribution in [3.05, 3.63) is 29.8 Å². The highest BCUT2D eigenvalue weighted by Gasteiger charge is 2.14. The zero-order valence-electron chi connectivity index (χ0n) is 12.5. The molecular formula is C16H22N2O4. The molecule has 22 heavy (non-hydrogen) atoms. The van der Waals surface area contributed by atoms with Crippen LogP contribution in [0.4, 0.5) is 0 Å². The number of hydrogen-bond acceptors (Lipinski definition) is 4. The first-order valence-corrected chi connectivity index (χ1v) is 7.52. The number of ether oxygens (including phenoxy) is 2. The second-order valence-corrected chi connectivity index (χ2v) is 5.41. The topological polar surface area (TPSA) is 90.7 Å². The molecule has 1 atom stereocenters. The molecule has 1 aromatic carbocycles. The van der Waals surface area contributed by atoms with Gasteiger partial charge in [-0.2, -0.15) is 0 Å². The van der Waals surface area contributed by atoms with Crippen LogP contribution in [0.25, 0.3) is 0 Å². The molecule has 6 nitrogen and oxygen atoms in total. The highest BCUT2D eigenvalue weighted by atomic mass is 16.5. The molecule has 0 aromatic heterocycles. The molecular weight excluding hydrogens is 284 g/mol. The number of benzene rings is 1. The van der Waals surface area contributed by atoms with E-state index in [2.05, 4.69) is 5.32 Å². The van der Waals surface area contributed by atoms with Gasteiger partial charge in [0, 0.05) is 25.3 Å². The Morgan fingerprint density at radius 2 is 2.27 bits per heavy atom. The maximum atomic E-state index is 12.1. The Hall–Kier alpha value is -2.08. The Morgan fingerprint density at radius 3 is 3.00 bits per heavy atom. The summed E-state index contributed by atoms with van der Waals surface area (Å²) in [5.41, 5.74) is 5.52. The monoisotopic (exact) mass is 306 g/mol. The fourth-order valence-corrected chi connectivity index (χ4v) is 2.41. The van der Waals surface area contributed by atoms with Crippen LogP contribution >= 0.6 is 0 Å². The molecule has 0 bridgehead atoms. The predicted molar refractivity (Wildman–Crippen MR) is 81.6 cm³/mol. The lowest BCUT2D eigenvalue weighted by atomic mass is 9.99. The van der Waals surface area contributed by atoms with Crippen molar-refractivity contribution in [1.82, 2.24) is 5.32 Å². The first kappa shape index (κ1) is 16.3. The van der Waals surface area contributed by atoms with E-state index in [-0.39, 0.29) is 12.5 Å². The van der Waals surface area contributed by atoms with E-state index >= 15 is 0 Å². The van der Waals surface area contributed by atoms with Crippen molar-refractivity contribution in [2.75, 3.05) is 26.4 Å². The number of nitrogens with one attached hydrogen (secondary N) is 1. The van der Waals surface area contributed by atoms with Crippen LogP contribution < -0.4 is 15.8 Å². The average molecular weight is 306 g/mol. The smallest absolute Gasteiger partial charge is 0.255 e. The molecule has 6 heteroatoms. The van der Waals surface area contributed by atoms with Gasteiger partial charge in [-0.15, -0.1) is 0 Å². The van der Waals surface area contributed by atoms with E-state index in [9.17, 15) is 9.59 Å². The van der Waals surface area contributed by atoms with Gasteiger partial charge in [-0.3, -0.25) is 9.59 Å². The second-order valence-electron chi connectivity index (χ2n) is 5.41. The van der Waals surface area contributed by atoms with Gasteiger partial charge >= 0.3 is 0 Å². The minimum atomic E-state index is -0.551. The molecule has 3 N–H and O–H groups in total. The van der Waals surface area contributed by atoms with Crippen molar-refractivity contribution in [3.63, 3.8) is 0 Å². The number of rotatable bonds is 7. The van der Waals surface area contributed by atoms with Crippen molar-refractivity contribution in [3.8, 4) is 5.75 Å². The minimum Gasteiger partial charge on any atom is -0.484 e. The SMILES string of the molecule is NC(=O)COc1cccc(C(=O)NCC[C@H]2CCCOC2)c1. The van der Waals surface area contributed by atoms with Crippen LogP contribution in [0.15, 0.2) is 24.3 Å². The Balaban J connectivity index is 1.78. The lowest BCUT2D eigenvalue weighted by Crippen LogP contribution is -2.28. The van der Waals surface area contributed by atoms with Crippen LogP contribution in [-0.2, 0) is 9.53 Å². The second kappa shape index (κ2) is 8.38. The Kier molecular flexibility index (Phi) is 6.21. The molecule has 2 rings (SSSR count). The van der Waals surface area contributed by atoms with Gasteiger partial charge in [0.2, 0.25) is 0 Å². The summed E-state index contributed by atoms with van der Waals surface area (Å²) in [5, 5.41) is 2.90. The Labute approximate surface area is 130 Å².